The first-order valence-corrected chi connectivity index (χ1v) is 6.87. The molecule has 0 radical (unpaired) electrons. The van der Waals surface area contributed by atoms with Crippen molar-refractivity contribution in [1.29, 1.82) is 0 Å². The zero-order valence-corrected chi connectivity index (χ0v) is 11.9. The second-order valence-corrected chi connectivity index (χ2v) is 5.16. The van der Waals surface area contributed by atoms with E-state index in [1.165, 1.54) is 0 Å². The van der Waals surface area contributed by atoms with Crippen LogP contribution in [0.3, 0.4) is 0 Å². The topological polar surface area (TPSA) is 30.7 Å². The molecular weight excluding hydrogens is 293 g/mol. The molecule has 0 amide bonds. The molecule has 0 aliphatic heterocycles. The number of alkyl halides is 1. The summed E-state index contributed by atoms with van der Waals surface area (Å²) < 4.78 is 1.75. The van der Waals surface area contributed by atoms with Crippen LogP contribution in [-0.4, -0.2) is 20.9 Å². The molecule has 0 fully saturated rings. The Bertz CT molecular complexity index is 525. The minimum absolute atomic E-state index is 0.563. The van der Waals surface area contributed by atoms with Gasteiger partial charge in [-0.2, -0.15) is 0 Å². The number of halogens is 3. The van der Waals surface area contributed by atoms with Crippen LogP contribution >= 0.6 is 34.8 Å². The van der Waals surface area contributed by atoms with E-state index >= 15 is 0 Å². The highest BCUT2D eigenvalue weighted by atomic mass is 35.5. The van der Waals surface area contributed by atoms with Crippen molar-refractivity contribution < 1.29 is 0 Å². The first-order chi connectivity index (χ1) is 8.69. The van der Waals surface area contributed by atoms with Crippen molar-refractivity contribution in [2.24, 2.45) is 0 Å². The molecule has 0 unspecified atom stereocenters. The van der Waals surface area contributed by atoms with Gasteiger partial charge in [-0.05, 0) is 36.6 Å². The number of nitrogens with zero attached hydrogens (tertiary/aromatic N) is 3. The Kier molecular flexibility index (Phi) is 4.87. The quantitative estimate of drug-likeness (QED) is 0.787. The third kappa shape index (κ3) is 3.61. The lowest BCUT2D eigenvalue weighted by Crippen LogP contribution is -2.01. The summed E-state index contributed by atoms with van der Waals surface area (Å²) in [5.41, 5.74) is 1.87. The van der Waals surface area contributed by atoms with Gasteiger partial charge in [-0.15, -0.1) is 16.7 Å². The molecule has 18 heavy (non-hydrogen) atoms. The van der Waals surface area contributed by atoms with Gasteiger partial charge in [-0.1, -0.05) is 28.4 Å². The largest absolute Gasteiger partial charge is 0.248 e. The first-order valence-electron chi connectivity index (χ1n) is 5.58. The standard InChI is InChI=1S/C12H12Cl3N3/c13-5-1-2-11-8-18(17-16-11)7-9-6-10(14)3-4-12(9)15/h3-4,6,8H,1-2,5,7H2. The average Bonchev–Trinajstić information content (AvgIpc) is 2.79. The molecule has 0 saturated carbocycles. The SMILES string of the molecule is ClCCCc1cn(Cc2cc(Cl)ccc2Cl)nn1. The van der Waals surface area contributed by atoms with Crippen LogP contribution in [0.15, 0.2) is 24.4 Å². The van der Waals surface area contributed by atoms with E-state index in [4.69, 9.17) is 34.8 Å². The van der Waals surface area contributed by atoms with Gasteiger partial charge in [0.05, 0.1) is 12.2 Å². The molecule has 0 N–H and O–H groups in total. The van der Waals surface area contributed by atoms with Gasteiger partial charge in [0, 0.05) is 22.1 Å². The lowest BCUT2D eigenvalue weighted by Gasteiger charge is -2.04. The van der Waals surface area contributed by atoms with Crippen LogP contribution in [0.1, 0.15) is 17.7 Å². The highest BCUT2D eigenvalue weighted by Crippen LogP contribution is 2.21. The van der Waals surface area contributed by atoms with E-state index in [1.807, 2.05) is 12.3 Å². The number of hydrogen-bond donors (Lipinski definition) is 0. The van der Waals surface area contributed by atoms with E-state index in [-0.39, 0.29) is 0 Å². The third-order valence-electron chi connectivity index (χ3n) is 2.49. The van der Waals surface area contributed by atoms with E-state index in [1.54, 1.807) is 16.8 Å². The minimum Gasteiger partial charge on any atom is -0.248 e. The van der Waals surface area contributed by atoms with Crippen LogP contribution in [-0.2, 0) is 13.0 Å². The Morgan fingerprint density at radius 3 is 2.83 bits per heavy atom. The molecule has 6 heteroatoms. The van der Waals surface area contributed by atoms with Crippen molar-refractivity contribution in [3.8, 4) is 0 Å². The Hall–Kier alpha value is -0.770. The van der Waals surface area contributed by atoms with Gasteiger partial charge in [0.25, 0.3) is 0 Å². The van der Waals surface area contributed by atoms with Gasteiger partial charge in [-0.25, -0.2) is 4.68 Å². The Labute approximate surface area is 121 Å². The second kappa shape index (κ2) is 6.41. The number of rotatable bonds is 5. The van der Waals surface area contributed by atoms with Crippen LogP contribution in [0.25, 0.3) is 0 Å². The number of aryl methyl sites for hydroxylation is 1. The summed E-state index contributed by atoms with van der Waals surface area (Å²) in [6, 6.07) is 5.38. The number of hydrogen-bond acceptors (Lipinski definition) is 2. The lowest BCUT2D eigenvalue weighted by molar-refractivity contribution is 0.649. The van der Waals surface area contributed by atoms with E-state index < -0.39 is 0 Å². The van der Waals surface area contributed by atoms with Crippen LogP contribution in [0.5, 0.6) is 0 Å². The summed E-state index contributed by atoms with van der Waals surface area (Å²) in [5, 5.41) is 9.48. The highest BCUT2D eigenvalue weighted by molar-refractivity contribution is 6.33. The molecule has 0 atom stereocenters. The molecule has 0 aliphatic carbocycles. The van der Waals surface area contributed by atoms with Crippen LogP contribution in [0.2, 0.25) is 10.0 Å². The van der Waals surface area contributed by atoms with Crippen LogP contribution in [0, 0.1) is 0 Å². The smallest absolute Gasteiger partial charge is 0.0827 e. The molecule has 0 bridgehead atoms. The maximum atomic E-state index is 6.10. The molecule has 1 aromatic carbocycles. The summed E-state index contributed by atoms with van der Waals surface area (Å²) in [7, 11) is 0. The molecule has 3 nitrogen and oxygen atoms in total. The molecule has 0 aliphatic rings. The van der Waals surface area contributed by atoms with Gasteiger partial charge >= 0.3 is 0 Å². The monoisotopic (exact) mass is 303 g/mol. The zero-order valence-electron chi connectivity index (χ0n) is 9.61. The molecule has 96 valence electrons. The molecule has 2 rings (SSSR count). The van der Waals surface area contributed by atoms with Gasteiger partial charge in [-0.3, -0.25) is 0 Å². The van der Waals surface area contributed by atoms with Crippen molar-refractivity contribution in [1.82, 2.24) is 15.0 Å². The zero-order chi connectivity index (χ0) is 13.0. The number of benzene rings is 1. The minimum atomic E-state index is 0.563. The van der Waals surface area contributed by atoms with Crippen molar-refractivity contribution >= 4 is 34.8 Å². The summed E-state index contributed by atoms with van der Waals surface area (Å²) in [4.78, 5) is 0. The predicted molar refractivity (Wildman–Crippen MR) is 74.6 cm³/mol. The van der Waals surface area contributed by atoms with Crippen LogP contribution in [0.4, 0.5) is 0 Å². The third-order valence-corrected chi connectivity index (χ3v) is 3.36. The summed E-state index contributed by atoms with van der Waals surface area (Å²) in [6.07, 6.45) is 3.65. The first kappa shape index (κ1) is 13.7. The summed E-state index contributed by atoms with van der Waals surface area (Å²) in [6.45, 7) is 0.563. The van der Waals surface area contributed by atoms with E-state index in [2.05, 4.69) is 10.3 Å². The maximum Gasteiger partial charge on any atom is 0.0827 e. The van der Waals surface area contributed by atoms with Gasteiger partial charge < -0.3 is 0 Å². The van der Waals surface area contributed by atoms with Gasteiger partial charge in [0.15, 0.2) is 0 Å². The summed E-state index contributed by atoms with van der Waals surface area (Å²) >= 11 is 17.7. The van der Waals surface area contributed by atoms with Crippen molar-refractivity contribution in [2.45, 2.75) is 19.4 Å². The Balaban J connectivity index is 2.08. The van der Waals surface area contributed by atoms with E-state index in [0.29, 0.717) is 22.5 Å². The normalized spacial score (nSPS) is 10.8. The molecular formula is C12H12Cl3N3. The molecule has 1 heterocycles. The molecule has 0 spiro atoms. The fourth-order valence-corrected chi connectivity index (χ4v) is 2.12. The average molecular weight is 305 g/mol. The van der Waals surface area contributed by atoms with Crippen LogP contribution < -0.4 is 0 Å². The van der Waals surface area contributed by atoms with E-state index in [0.717, 1.165) is 24.1 Å². The Morgan fingerprint density at radius 1 is 1.22 bits per heavy atom. The Morgan fingerprint density at radius 2 is 2.06 bits per heavy atom. The van der Waals surface area contributed by atoms with Gasteiger partial charge in [0.2, 0.25) is 0 Å². The fourth-order valence-electron chi connectivity index (χ4n) is 1.62. The lowest BCUT2D eigenvalue weighted by atomic mass is 10.2. The number of aromatic nitrogens is 3. The molecule has 1 aromatic heterocycles. The van der Waals surface area contributed by atoms with Crippen molar-refractivity contribution in [2.75, 3.05) is 5.88 Å². The fraction of sp³-hybridized carbons (Fsp3) is 0.333. The second-order valence-electron chi connectivity index (χ2n) is 3.94. The summed E-state index contributed by atoms with van der Waals surface area (Å²) in [5.74, 6) is 0.632. The maximum absolute atomic E-state index is 6.10. The molecule has 2 aromatic rings. The van der Waals surface area contributed by atoms with Crippen molar-refractivity contribution in [3.63, 3.8) is 0 Å². The van der Waals surface area contributed by atoms with Gasteiger partial charge in [0.1, 0.15) is 0 Å². The van der Waals surface area contributed by atoms with E-state index in [9.17, 15) is 0 Å². The molecule has 0 saturated heterocycles. The van der Waals surface area contributed by atoms with Crippen molar-refractivity contribution in [3.05, 3.63) is 45.7 Å². The highest BCUT2D eigenvalue weighted by Gasteiger charge is 2.05. The predicted octanol–water partition coefficient (Wildman–Crippen LogP) is 3.80.